The molecule has 1 heterocycles. The number of nitrogens with two attached hydrogens (primary N) is 1. The molecular weight excluding hydrogens is 352 g/mol. The molecule has 1 aromatic rings. The highest BCUT2D eigenvalue weighted by molar-refractivity contribution is 5.90. The molecule has 0 radical (unpaired) electrons. The van der Waals surface area contributed by atoms with Gasteiger partial charge in [-0.05, 0) is 25.0 Å². The number of hydrogen-bond donors (Lipinski definition) is 1. The van der Waals surface area contributed by atoms with Gasteiger partial charge in [0.2, 0.25) is 5.91 Å². The van der Waals surface area contributed by atoms with Gasteiger partial charge in [-0.15, -0.1) is 0 Å². The summed E-state index contributed by atoms with van der Waals surface area (Å²) in [6, 6.07) is 5.26. The third-order valence-electron chi connectivity index (χ3n) is 4.35. The maximum Gasteiger partial charge on any atom is 0.331 e. The summed E-state index contributed by atoms with van der Waals surface area (Å²) in [5.41, 5.74) is 5.94. The van der Waals surface area contributed by atoms with Gasteiger partial charge in [-0.3, -0.25) is 9.59 Å². The van der Waals surface area contributed by atoms with E-state index in [4.69, 9.17) is 19.9 Å². The average molecular weight is 376 g/mol. The van der Waals surface area contributed by atoms with Gasteiger partial charge >= 0.3 is 5.97 Å². The quantitative estimate of drug-likeness (QED) is 0.561. The summed E-state index contributed by atoms with van der Waals surface area (Å²) in [4.78, 5) is 36.8. The van der Waals surface area contributed by atoms with Gasteiger partial charge in [-0.2, -0.15) is 0 Å². The van der Waals surface area contributed by atoms with Crippen molar-refractivity contribution in [3.8, 4) is 11.5 Å². The molecule has 8 heteroatoms. The summed E-state index contributed by atoms with van der Waals surface area (Å²) in [5, 5.41) is 0. The zero-order valence-corrected chi connectivity index (χ0v) is 15.5. The average Bonchev–Trinajstić information content (AvgIpc) is 2.69. The number of likely N-dealkylation sites (tertiary alicyclic amines) is 1. The third-order valence-corrected chi connectivity index (χ3v) is 4.35. The van der Waals surface area contributed by atoms with Crippen LogP contribution in [0.4, 0.5) is 0 Å². The minimum Gasteiger partial charge on any atom is -0.493 e. The standard InChI is InChI=1S/C19H24N2O6/c1-25-15-7-3-5-13(18(15)26-2)8-9-17(23)27-12-16(22)21-10-4-6-14(11-21)19(20)24/h3,5,7-9,14H,4,6,10-12H2,1-2H3,(H2,20,24)/b9-8+/t14-/m1/s1. The van der Waals surface area contributed by atoms with E-state index < -0.39 is 11.9 Å². The van der Waals surface area contributed by atoms with Crippen LogP contribution in [-0.2, 0) is 19.1 Å². The highest BCUT2D eigenvalue weighted by Gasteiger charge is 2.27. The SMILES string of the molecule is COc1cccc(/C=C/C(=O)OCC(=O)N2CCC[C@@H](C(N)=O)C2)c1OC. The van der Waals surface area contributed by atoms with Gasteiger partial charge in [0.15, 0.2) is 18.1 Å². The zero-order chi connectivity index (χ0) is 19.8. The molecule has 0 aliphatic carbocycles. The van der Waals surface area contributed by atoms with E-state index in [9.17, 15) is 14.4 Å². The monoisotopic (exact) mass is 376 g/mol. The molecule has 0 saturated carbocycles. The summed E-state index contributed by atoms with van der Waals surface area (Å²) in [6.07, 6.45) is 4.11. The highest BCUT2D eigenvalue weighted by atomic mass is 16.5. The first kappa shape index (κ1) is 20.3. The predicted molar refractivity (Wildman–Crippen MR) is 98.0 cm³/mol. The summed E-state index contributed by atoms with van der Waals surface area (Å²) in [7, 11) is 3.03. The second kappa shape index (κ2) is 9.61. The molecule has 1 aliphatic rings. The van der Waals surface area contributed by atoms with Gasteiger partial charge in [0.25, 0.3) is 5.91 Å². The molecule has 2 amide bonds. The number of ether oxygens (including phenoxy) is 3. The molecule has 1 aromatic carbocycles. The van der Waals surface area contributed by atoms with Crippen LogP contribution >= 0.6 is 0 Å². The third kappa shape index (κ3) is 5.47. The Kier molecular flexibility index (Phi) is 7.22. The number of rotatable bonds is 7. The topological polar surface area (TPSA) is 108 Å². The molecule has 0 bridgehead atoms. The van der Waals surface area contributed by atoms with E-state index in [1.165, 1.54) is 31.3 Å². The van der Waals surface area contributed by atoms with E-state index in [-0.39, 0.29) is 25.0 Å². The van der Waals surface area contributed by atoms with Crippen molar-refractivity contribution in [1.29, 1.82) is 0 Å². The highest BCUT2D eigenvalue weighted by Crippen LogP contribution is 2.31. The van der Waals surface area contributed by atoms with Gasteiger partial charge in [0.1, 0.15) is 0 Å². The molecule has 1 fully saturated rings. The molecule has 0 spiro atoms. The van der Waals surface area contributed by atoms with E-state index in [0.29, 0.717) is 36.4 Å². The Labute approximate surface area is 157 Å². The van der Waals surface area contributed by atoms with Gasteiger partial charge in [-0.1, -0.05) is 12.1 Å². The molecule has 2 N–H and O–H groups in total. The van der Waals surface area contributed by atoms with E-state index in [1.54, 1.807) is 18.2 Å². The predicted octanol–water partition coefficient (Wildman–Crippen LogP) is 0.984. The second-order valence-corrected chi connectivity index (χ2v) is 6.11. The maximum atomic E-state index is 12.2. The van der Waals surface area contributed by atoms with Crippen LogP contribution in [0.3, 0.4) is 0 Å². The summed E-state index contributed by atoms with van der Waals surface area (Å²) < 4.78 is 15.5. The number of esters is 1. The molecule has 0 unspecified atom stereocenters. The molecular formula is C19H24N2O6. The Balaban J connectivity index is 1.90. The van der Waals surface area contributed by atoms with Crippen LogP contribution < -0.4 is 15.2 Å². The van der Waals surface area contributed by atoms with Crippen LogP contribution in [0.5, 0.6) is 11.5 Å². The van der Waals surface area contributed by atoms with E-state index in [1.807, 2.05) is 0 Å². The van der Waals surface area contributed by atoms with E-state index in [2.05, 4.69) is 0 Å². The molecule has 2 rings (SSSR count). The maximum absolute atomic E-state index is 12.2. The van der Waals surface area contributed by atoms with Crippen molar-refractivity contribution >= 4 is 23.9 Å². The van der Waals surface area contributed by atoms with Crippen LogP contribution in [0, 0.1) is 5.92 Å². The van der Waals surface area contributed by atoms with Crippen molar-refractivity contribution in [2.24, 2.45) is 11.7 Å². The molecule has 8 nitrogen and oxygen atoms in total. The molecule has 146 valence electrons. The summed E-state index contributed by atoms with van der Waals surface area (Å²) in [6.45, 7) is 0.406. The number of methoxy groups -OCH3 is 2. The summed E-state index contributed by atoms with van der Waals surface area (Å²) >= 11 is 0. The number of amides is 2. The molecule has 27 heavy (non-hydrogen) atoms. The first-order valence-corrected chi connectivity index (χ1v) is 8.59. The summed E-state index contributed by atoms with van der Waals surface area (Å²) in [5.74, 6) is -0.736. The number of carbonyl (C=O) groups is 3. The molecule has 0 aromatic heterocycles. The Morgan fingerprint density at radius 3 is 2.70 bits per heavy atom. The second-order valence-electron chi connectivity index (χ2n) is 6.11. The lowest BCUT2D eigenvalue weighted by atomic mass is 9.97. The van der Waals surface area contributed by atoms with Crippen molar-refractivity contribution in [3.63, 3.8) is 0 Å². The lowest BCUT2D eigenvalue weighted by molar-refractivity contribution is -0.149. The first-order valence-electron chi connectivity index (χ1n) is 8.59. The fourth-order valence-electron chi connectivity index (χ4n) is 2.91. The Morgan fingerprint density at radius 1 is 1.26 bits per heavy atom. The number of carbonyl (C=O) groups excluding carboxylic acids is 3. The van der Waals surface area contributed by atoms with Crippen LogP contribution in [0.1, 0.15) is 18.4 Å². The lowest BCUT2D eigenvalue weighted by Crippen LogP contribution is -2.45. The number of nitrogens with zero attached hydrogens (tertiary/aromatic N) is 1. The smallest absolute Gasteiger partial charge is 0.331 e. The van der Waals surface area contributed by atoms with Crippen LogP contribution in [-0.4, -0.2) is 56.6 Å². The molecule has 1 atom stereocenters. The largest absolute Gasteiger partial charge is 0.493 e. The van der Waals surface area contributed by atoms with Crippen molar-refractivity contribution in [3.05, 3.63) is 29.8 Å². The van der Waals surface area contributed by atoms with Crippen molar-refractivity contribution in [2.75, 3.05) is 33.9 Å². The lowest BCUT2D eigenvalue weighted by Gasteiger charge is -2.30. The van der Waals surface area contributed by atoms with Crippen LogP contribution in [0.25, 0.3) is 6.08 Å². The minimum absolute atomic E-state index is 0.266. The number of para-hydroxylation sites is 1. The fourth-order valence-corrected chi connectivity index (χ4v) is 2.91. The Bertz CT molecular complexity index is 731. The van der Waals surface area contributed by atoms with E-state index >= 15 is 0 Å². The zero-order valence-electron chi connectivity index (χ0n) is 15.5. The Hall–Kier alpha value is -3.03. The van der Waals surface area contributed by atoms with Crippen LogP contribution in [0.2, 0.25) is 0 Å². The Morgan fingerprint density at radius 2 is 2.04 bits per heavy atom. The number of primary amides is 1. The van der Waals surface area contributed by atoms with Crippen molar-refractivity contribution < 1.29 is 28.6 Å². The number of piperidine rings is 1. The fraction of sp³-hybridized carbons (Fsp3) is 0.421. The van der Waals surface area contributed by atoms with Gasteiger partial charge in [0.05, 0.1) is 20.1 Å². The van der Waals surface area contributed by atoms with Crippen molar-refractivity contribution in [2.45, 2.75) is 12.8 Å². The van der Waals surface area contributed by atoms with Gasteiger partial charge in [0, 0.05) is 24.7 Å². The van der Waals surface area contributed by atoms with Gasteiger partial charge < -0.3 is 24.8 Å². The first-order chi connectivity index (χ1) is 13.0. The molecule has 1 saturated heterocycles. The minimum atomic E-state index is -0.656. The number of benzene rings is 1. The molecule has 1 aliphatic heterocycles. The van der Waals surface area contributed by atoms with Crippen molar-refractivity contribution in [1.82, 2.24) is 4.90 Å². The van der Waals surface area contributed by atoms with Gasteiger partial charge in [-0.25, -0.2) is 4.79 Å². The van der Waals surface area contributed by atoms with Crippen LogP contribution in [0.15, 0.2) is 24.3 Å². The number of hydrogen-bond acceptors (Lipinski definition) is 6. The normalized spacial score (nSPS) is 16.8. The van der Waals surface area contributed by atoms with E-state index in [0.717, 1.165) is 0 Å².